The number of sulfonamides is 1. The molecular weight excluding hydrogens is 421 g/mol. The van der Waals surface area contributed by atoms with Crippen molar-refractivity contribution in [2.24, 2.45) is 11.3 Å². The normalized spacial score (nSPS) is 22.1. The summed E-state index contributed by atoms with van der Waals surface area (Å²) in [6.45, 7) is 1.09. The van der Waals surface area contributed by atoms with E-state index in [4.69, 9.17) is 5.26 Å². The number of rotatable bonds is 3. The Kier molecular flexibility index (Phi) is 5.77. The first-order valence-corrected chi connectivity index (χ1v) is 11.3. The van der Waals surface area contributed by atoms with Gasteiger partial charge in [0.1, 0.15) is 0 Å². The van der Waals surface area contributed by atoms with Crippen LogP contribution in [0.2, 0.25) is 0 Å². The number of anilines is 1. The first-order valence-electron chi connectivity index (χ1n) is 9.44. The molecule has 0 bridgehead atoms. The van der Waals surface area contributed by atoms with Gasteiger partial charge in [-0.25, -0.2) is 12.7 Å². The lowest BCUT2D eigenvalue weighted by Crippen LogP contribution is -2.48. The average Bonchev–Trinajstić information content (AvgIpc) is 3.06. The standard InChI is InChI=1S/C19H23F3N4O3S/c1-24-17(27)16-11-26(30(2,28)29)12-18(16)5-7-25(8-6-18)14-4-3-13(10-23)15(9-14)19(20,21)22/h3-4,9,16H,5-8,11-12H2,1-2H3,(H,24,27). The van der Waals surface area contributed by atoms with Crippen LogP contribution in [0.1, 0.15) is 24.0 Å². The van der Waals surface area contributed by atoms with Gasteiger partial charge in [-0.3, -0.25) is 4.79 Å². The van der Waals surface area contributed by atoms with Gasteiger partial charge in [-0.2, -0.15) is 18.4 Å². The lowest BCUT2D eigenvalue weighted by Gasteiger charge is -2.43. The Balaban J connectivity index is 1.84. The van der Waals surface area contributed by atoms with Crippen molar-refractivity contribution < 1.29 is 26.4 Å². The molecule has 2 aliphatic rings. The molecule has 30 heavy (non-hydrogen) atoms. The van der Waals surface area contributed by atoms with Crippen molar-refractivity contribution in [1.82, 2.24) is 9.62 Å². The smallest absolute Gasteiger partial charge is 0.371 e. The molecule has 0 radical (unpaired) electrons. The number of piperidine rings is 1. The minimum Gasteiger partial charge on any atom is -0.371 e. The van der Waals surface area contributed by atoms with E-state index in [1.54, 1.807) is 11.0 Å². The van der Waals surface area contributed by atoms with Crippen LogP contribution in [0.4, 0.5) is 18.9 Å². The zero-order chi connectivity index (χ0) is 22.3. The summed E-state index contributed by atoms with van der Waals surface area (Å²) in [7, 11) is -1.96. The predicted octanol–water partition coefficient (Wildman–Crippen LogP) is 1.80. The molecule has 7 nitrogen and oxygen atoms in total. The second-order valence-corrected chi connectivity index (χ2v) is 9.89. The van der Waals surface area contributed by atoms with Crippen LogP contribution >= 0.6 is 0 Å². The molecule has 1 amide bonds. The molecule has 2 aliphatic heterocycles. The highest BCUT2D eigenvalue weighted by Gasteiger charge is 2.53. The second kappa shape index (κ2) is 7.74. The summed E-state index contributed by atoms with van der Waals surface area (Å²) in [5.74, 6) is -0.738. The van der Waals surface area contributed by atoms with Gasteiger partial charge in [0.2, 0.25) is 15.9 Å². The zero-order valence-electron chi connectivity index (χ0n) is 16.7. The van der Waals surface area contributed by atoms with Crippen molar-refractivity contribution >= 4 is 21.6 Å². The molecule has 3 rings (SSSR count). The quantitative estimate of drug-likeness (QED) is 0.768. The molecule has 1 atom stereocenters. The molecule has 1 aromatic carbocycles. The highest BCUT2D eigenvalue weighted by Crippen LogP contribution is 2.46. The molecule has 0 aliphatic carbocycles. The monoisotopic (exact) mass is 444 g/mol. The van der Waals surface area contributed by atoms with E-state index in [1.165, 1.54) is 17.4 Å². The maximum absolute atomic E-state index is 13.3. The predicted molar refractivity (Wildman–Crippen MR) is 104 cm³/mol. The third kappa shape index (κ3) is 4.11. The first kappa shape index (κ1) is 22.4. The lowest BCUT2D eigenvalue weighted by atomic mass is 9.70. The Morgan fingerprint density at radius 2 is 1.93 bits per heavy atom. The van der Waals surface area contributed by atoms with Crippen molar-refractivity contribution in [3.05, 3.63) is 29.3 Å². The zero-order valence-corrected chi connectivity index (χ0v) is 17.5. The van der Waals surface area contributed by atoms with Gasteiger partial charge in [-0.15, -0.1) is 0 Å². The number of carbonyl (C=O) groups is 1. The molecule has 2 heterocycles. The number of halogens is 3. The maximum atomic E-state index is 13.3. The van der Waals surface area contributed by atoms with E-state index >= 15 is 0 Å². The van der Waals surface area contributed by atoms with E-state index in [0.717, 1.165) is 18.4 Å². The summed E-state index contributed by atoms with van der Waals surface area (Å²) in [6.07, 6.45) is -2.59. The van der Waals surface area contributed by atoms with Crippen LogP contribution in [-0.4, -0.2) is 58.1 Å². The molecule has 2 saturated heterocycles. The largest absolute Gasteiger partial charge is 0.417 e. The van der Waals surface area contributed by atoms with E-state index < -0.39 is 38.7 Å². The van der Waals surface area contributed by atoms with Crippen molar-refractivity contribution in [2.75, 3.05) is 44.4 Å². The van der Waals surface area contributed by atoms with Gasteiger partial charge in [0.25, 0.3) is 0 Å². The van der Waals surface area contributed by atoms with Crippen molar-refractivity contribution in [2.45, 2.75) is 19.0 Å². The summed E-state index contributed by atoms with van der Waals surface area (Å²) >= 11 is 0. The summed E-state index contributed by atoms with van der Waals surface area (Å²) in [5.41, 5.74) is -1.61. The average molecular weight is 444 g/mol. The number of nitrogens with one attached hydrogen (secondary N) is 1. The Labute approximate surface area is 173 Å². The molecular formula is C19H23F3N4O3S. The highest BCUT2D eigenvalue weighted by molar-refractivity contribution is 7.88. The van der Waals surface area contributed by atoms with E-state index in [-0.39, 0.29) is 19.0 Å². The number of hydrogen-bond donors (Lipinski definition) is 1. The maximum Gasteiger partial charge on any atom is 0.417 e. The van der Waals surface area contributed by atoms with Crippen molar-refractivity contribution in [1.29, 1.82) is 5.26 Å². The number of benzene rings is 1. The van der Waals surface area contributed by atoms with Gasteiger partial charge in [0, 0.05) is 44.3 Å². The molecule has 164 valence electrons. The van der Waals surface area contributed by atoms with Crippen LogP contribution < -0.4 is 10.2 Å². The van der Waals surface area contributed by atoms with Crippen molar-refractivity contribution in [3.63, 3.8) is 0 Å². The molecule has 11 heteroatoms. The van der Waals surface area contributed by atoms with Gasteiger partial charge in [-0.05, 0) is 31.0 Å². The summed E-state index contributed by atoms with van der Waals surface area (Å²) < 4.78 is 65.2. The Hall–Kier alpha value is -2.32. The summed E-state index contributed by atoms with van der Waals surface area (Å²) in [4.78, 5) is 14.2. The number of nitrogens with zero attached hydrogens (tertiary/aromatic N) is 3. The summed E-state index contributed by atoms with van der Waals surface area (Å²) in [6, 6.07) is 5.20. The number of hydrogen-bond acceptors (Lipinski definition) is 5. The highest BCUT2D eigenvalue weighted by atomic mass is 32.2. The fraction of sp³-hybridized carbons (Fsp3) is 0.579. The molecule has 0 aromatic heterocycles. The first-order chi connectivity index (χ1) is 13.9. The van der Waals surface area contributed by atoms with Gasteiger partial charge in [0.05, 0.1) is 29.4 Å². The minimum absolute atomic E-state index is 0.105. The molecule has 1 N–H and O–H groups in total. The van der Waals surface area contributed by atoms with Crippen LogP contribution in [0.15, 0.2) is 18.2 Å². The van der Waals surface area contributed by atoms with Gasteiger partial charge < -0.3 is 10.2 Å². The fourth-order valence-electron chi connectivity index (χ4n) is 4.49. The van der Waals surface area contributed by atoms with Gasteiger partial charge in [-0.1, -0.05) is 0 Å². The Morgan fingerprint density at radius 1 is 1.30 bits per heavy atom. The molecule has 1 aromatic rings. The topological polar surface area (TPSA) is 93.5 Å². The molecule has 1 spiro atoms. The minimum atomic E-state index is -4.64. The molecule has 0 saturated carbocycles. The second-order valence-electron chi connectivity index (χ2n) is 7.91. The Morgan fingerprint density at radius 3 is 2.43 bits per heavy atom. The van der Waals surface area contributed by atoms with E-state index in [0.29, 0.717) is 31.6 Å². The van der Waals surface area contributed by atoms with Crippen LogP contribution in [0.5, 0.6) is 0 Å². The molecule has 2 fully saturated rings. The SMILES string of the molecule is CNC(=O)C1CN(S(C)(=O)=O)CC12CCN(c1ccc(C#N)c(C(F)(F)F)c1)CC2. The number of carbonyl (C=O) groups excluding carboxylic acids is 1. The third-order valence-electron chi connectivity index (χ3n) is 6.20. The van der Waals surface area contributed by atoms with Crippen LogP contribution in [0.25, 0.3) is 0 Å². The van der Waals surface area contributed by atoms with Crippen molar-refractivity contribution in [3.8, 4) is 6.07 Å². The summed E-state index contributed by atoms with van der Waals surface area (Å²) in [5, 5.41) is 11.6. The lowest BCUT2D eigenvalue weighted by molar-refractivity contribution is -0.137. The van der Waals surface area contributed by atoms with E-state index in [2.05, 4.69) is 5.32 Å². The van der Waals surface area contributed by atoms with Crippen LogP contribution in [-0.2, 0) is 21.0 Å². The van der Waals surface area contributed by atoms with Crippen LogP contribution in [0.3, 0.4) is 0 Å². The molecule has 1 unspecified atom stereocenters. The Bertz CT molecular complexity index is 980. The number of alkyl halides is 3. The number of nitriles is 1. The third-order valence-corrected chi connectivity index (χ3v) is 7.42. The van der Waals surface area contributed by atoms with E-state index in [9.17, 15) is 26.4 Å². The van der Waals surface area contributed by atoms with E-state index in [1.807, 2.05) is 0 Å². The number of amides is 1. The van der Waals surface area contributed by atoms with Gasteiger partial charge in [0.15, 0.2) is 0 Å². The van der Waals surface area contributed by atoms with Gasteiger partial charge >= 0.3 is 6.18 Å². The fourth-order valence-corrected chi connectivity index (χ4v) is 5.40. The van der Waals surface area contributed by atoms with Crippen LogP contribution in [0, 0.1) is 22.7 Å².